The molecule has 2 aliphatic heterocycles. The molecule has 0 bridgehead atoms. The summed E-state index contributed by atoms with van der Waals surface area (Å²) < 4.78 is 4.08. The number of rotatable bonds is 4. The molecule has 136 valence electrons. The van der Waals surface area contributed by atoms with Gasteiger partial charge in [0.1, 0.15) is 12.4 Å². The van der Waals surface area contributed by atoms with Crippen LogP contribution in [0.25, 0.3) is 0 Å². The third-order valence-corrected chi connectivity index (χ3v) is 7.75. The Labute approximate surface area is 157 Å². The summed E-state index contributed by atoms with van der Waals surface area (Å²) >= 11 is 4.25. The maximum Gasteiger partial charge on any atom is 0.154 e. The number of piperidine rings is 1. The molecule has 2 aromatic heterocycles. The van der Waals surface area contributed by atoms with Crippen molar-refractivity contribution in [2.75, 3.05) is 36.1 Å². The lowest BCUT2D eigenvalue weighted by atomic mass is 9.95. The van der Waals surface area contributed by atoms with Crippen LogP contribution in [-0.4, -0.2) is 71.6 Å². The second kappa shape index (κ2) is 8.14. The van der Waals surface area contributed by atoms with Gasteiger partial charge >= 0.3 is 0 Å². The molecule has 0 saturated carbocycles. The Morgan fingerprint density at radius 3 is 2.56 bits per heavy atom. The normalized spacial score (nSPS) is 21.5. The minimum absolute atomic E-state index is 0.534. The summed E-state index contributed by atoms with van der Waals surface area (Å²) in [5.41, 5.74) is 0. The van der Waals surface area contributed by atoms with Gasteiger partial charge in [-0.05, 0) is 32.0 Å². The molecule has 0 aliphatic carbocycles. The molecular weight excluding hydrogens is 352 g/mol. The van der Waals surface area contributed by atoms with Crippen molar-refractivity contribution in [1.82, 2.24) is 29.4 Å². The number of likely N-dealkylation sites (tertiary alicyclic amines) is 1. The SMILES string of the molecule is Cn1c(Cn2cccn2)nnc1C1CCN(C2CSCCSC2)CC1. The molecule has 2 saturated heterocycles. The van der Waals surface area contributed by atoms with Gasteiger partial charge in [0.25, 0.3) is 0 Å². The van der Waals surface area contributed by atoms with Crippen LogP contribution in [0.4, 0.5) is 0 Å². The average molecular weight is 379 g/mol. The van der Waals surface area contributed by atoms with E-state index < -0.39 is 0 Å². The highest BCUT2D eigenvalue weighted by molar-refractivity contribution is 8.03. The van der Waals surface area contributed by atoms with E-state index in [1.54, 1.807) is 6.20 Å². The molecule has 4 heterocycles. The first-order valence-corrected chi connectivity index (χ1v) is 11.4. The second-order valence-electron chi connectivity index (χ2n) is 6.85. The van der Waals surface area contributed by atoms with E-state index in [2.05, 4.69) is 55.3 Å². The monoisotopic (exact) mass is 378 g/mol. The molecule has 0 radical (unpaired) electrons. The van der Waals surface area contributed by atoms with E-state index in [1.165, 1.54) is 48.9 Å². The number of nitrogens with zero attached hydrogens (tertiary/aromatic N) is 6. The summed E-state index contributed by atoms with van der Waals surface area (Å²) in [6.45, 7) is 3.07. The van der Waals surface area contributed by atoms with E-state index in [0.717, 1.165) is 17.7 Å². The molecule has 8 heteroatoms. The van der Waals surface area contributed by atoms with Crippen LogP contribution in [0.1, 0.15) is 30.4 Å². The Morgan fingerprint density at radius 1 is 1.12 bits per heavy atom. The first-order chi connectivity index (χ1) is 12.3. The fourth-order valence-corrected chi connectivity index (χ4v) is 6.37. The van der Waals surface area contributed by atoms with Crippen molar-refractivity contribution < 1.29 is 0 Å². The van der Waals surface area contributed by atoms with Gasteiger partial charge in [0.15, 0.2) is 5.82 Å². The molecule has 0 N–H and O–H groups in total. The number of aromatic nitrogens is 5. The van der Waals surface area contributed by atoms with Gasteiger partial charge in [0.05, 0.1) is 0 Å². The maximum atomic E-state index is 4.52. The number of thioether (sulfide) groups is 2. The minimum atomic E-state index is 0.534. The Morgan fingerprint density at radius 2 is 1.88 bits per heavy atom. The van der Waals surface area contributed by atoms with Crippen LogP contribution in [0.15, 0.2) is 18.5 Å². The summed E-state index contributed by atoms with van der Waals surface area (Å²) in [5, 5.41) is 13.2. The average Bonchev–Trinajstić information content (AvgIpc) is 3.18. The third kappa shape index (κ3) is 4.06. The van der Waals surface area contributed by atoms with Gasteiger partial charge in [-0.2, -0.15) is 28.6 Å². The van der Waals surface area contributed by atoms with Crippen molar-refractivity contribution in [3.8, 4) is 0 Å². The van der Waals surface area contributed by atoms with Crippen LogP contribution in [0, 0.1) is 0 Å². The summed E-state index contributed by atoms with van der Waals surface area (Å²) in [6.07, 6.45) is 6.16. The zero-order chi connectivity index (χ0) is 17.1. The largest absolute Gasteiger partial charge is 0.316 e. The number of hydrogen-bond acceptors (Lipinski definition) is 6. The molecule has 0 amide bonds. The van der Waals surface area contributed by atoms with Crippen molar-refractivity contribution in [2.45, 2.75) is 31.3 Å². The van der Waals surface area contributed by atoms with E-state index in [4.69, 9.17) is 0 Å². The standard InChI is InChI=1S/C17H26N6S2/c1-21-16(11-23-6-2-5-18-23)19-20-17(21)14-3-7-22(8-4-14)15-12-24-9-10-25-13-15/h2,5-6,14-15H,3-4,7-13H2,1H3. The molecule has 0 aromatic carbocycles. The summed E-state index contributed by atoms with van der Waals surface area (Å²) in [7, 11) is 2.10. The van der Waals surface area contributed by atoms with Crippen LogP contribution >= 0.6 is 23.5 Å². The van der Waals surface area contributed by atoms with Crippen molar-refractivity contribution in [1.29, 1.82) is 0 Å². The van der Waals surface area contributed by atoms with Crippen LogP contribution in [0.3, 0.4) is 0 Å². The lowest BCUT2D eigenvalue weighted by Gasteiger charge is -2.36. The van der Waals surface area contributed by atoms with Crippen LogP contribution in [0.5, 0.6) is 0 Å². The molecule has 0 spiro atoms. The zero-order valence-corrected chi connectivity index (χ0v) is 16.4. The summed E-state index contributed by atoms with van der Waals surface area (Å²) in [5.74, 6) is 7.89. The molecule has 0 unspecified atom stereocenters. The van der Waals surface area contributed by atoms with Gasteiger partial charge < -0.3 is 4.57 Å². The van der Waals surface area contributed by atoms with E-state index in [-0.39, 0.29) is 0 Å². The highest BCUT2D eigenvalue weighted by Crippen LogP contribution is 2.30. The minimum Gasteiger partial charge on any atom is -0.316 e. The molecule has 6 nitrogen and oxygen atoms in total. The van der Waals surface area contributed by atoms with E-state index >= 15 is 0 Å². The van der Waals surface area contributed by atoms with E-state index in [9.17, 15) is 0 Å². The topological polar surface area (TPSA) is 51.8 Å². The lowest BCUT2D eigenvalue weighted by Crippen LogP contribution is -2.43. The summed E-state index contributed by atoms with van der Waals surface area (Å²) in [4.78, 5) is 2.71. The molecular formula is C17H26N6S2. The molecule has 0 atom stereocenters. The Balaban J connectivity index is 1.36. The van der Waals surface area contributed by atoms with Crippen LogP contribution in [0.2, 0.25) is 0 Å². The van der Waals surface area contributed by atoms with Gasteiger partial charge in [-0.1, -0.05) is 0 Å². The second-order valence-corrected chi connectivity index (χ2v) is 9.15. The Kier molecular flexibility index (Phi) is 5.67. The van der Waals surface area contributed by atoms with Crippen molar-refractivity contribution >= 4 is 23.5 Å². The van der Waals surface area contributed by atoms with Crippen molar-refractivity contribution in [3.05, 3.63) is 30.1 Å². The highest BCUT2D eigenvalue weighted by atomic mass is 32.2. The number of hydrogen-bond donors (Lipinski definition) is 0. The van der Waals surface area contributed by atoms with E-state index in [1.807, 2.05) is 16.9 Å². The molecule has 2 aliphatic rings. The first-order valence-electron chi connectivity index (χ1n) is 9.06. The molecule has 2 aromatic rings. The third-order valence-electron chi connectivity index (χ3n) is 5.26. The van der Waals surface area contributed by atoms with E-state index in [0.29, 0.717) is 12.5 Å². The lowest BCUT2D eigenvalue weighted by molar-refractivity contribution is 0.173. The predicted octanol–water partition coefficient (Wildman–Crippen LogP) is 2.09. The van der Waals surface area contributed by atoms with Crippen molar-refractivity contribution in [2.24, 2.45) is 7.05 Å². The fourth-order valence-electron chi connectivity index (χ4n) is 3.75. The van der Waals surface area contributed by atoms with Crippen LogP contribution in [-0.2, 0) is 13.6 Å². The van der Waals surface area contributed by atoms with Gasteiger partial charge in [0, 0.05) is 54.4 Å². The van der Waals surface area contributed by atoms with Gasteiger partial charge in [-0.25, -0.2) is 0 Å². The first kappa shape index (κ1) is 17.4. The van der Waals surface area contributed by atoms with Gasteiger partial charge in [0.2, 0.25) is 0 Å². The highest BCUT2D eigenvalue weighted by Gasteiger charge is 2.29. The Bertz CT molecular complexity index is 655. The summed E-state index contributed by atoms with van der Waals surface area (Å²) in [6, 6.07) is 2.70. The quantitative estimate of drug-likeness (QED) is 0.812. The van der Waals surface area contributed by atoms with Gasteiger partial charge in [-0.3, -0.25) is 9.58 Å². The smallest absolute Gasteiger partial charge is 0.154 e. The zero-order valence-electron chi connectivity index (χ0n) is 14.8. The molecule has 4 rings (SSSR count). The van der Waals surface area contributed by atoms with Crippen LogP contribution < -0.4 is 0 Å². The maximum absolute atomic E-state index is 4.52. The molecule has 25 heavy (non-hydrogen) atoms. The fraction of sp³-hybridized carbons (Fsp3) is 0.706. The Hall–Kier alpha value is -0.990. The van der Waals surface area contributed by atoms with Crippen molar-refractivity contribution in [3.63, 3.8) is 0 Å². The van der Waals surface area contributed by atoms with Gasteiger partial charge in [-0.15, -0.1) is 10.2 Å². The predicted molar refractivity (Wildman–Crippen MR) is 104 cm³/mol. The molecule has 2 fully saturated rings.